The van der Waals surface area contributed by atoms with Crippen molar-refractivity contribution in [1.29, 1.82) is 0 Å². The maximum Gasteiger partial charge on any atom is 0.308 e. The molecular formula is C19H25NO3. The monoisotopic (exact) mass is 315 g/mol. The summed E-state index contributed by atoms with van der Waals surface area (Å²) in [4.78, 5) is 23.8. The standard InChI is InChI=1S/C19H25NO3/c1-12(2)9-14(18(22)23)11-20-17(21)16-10-19(16)8-7-13-5-3-4-6-15(13)19/h3-6,12,14,16H,7-11H2,1-2H3,(H,20,21)(H,22,23). The predicted octanol–water partition coefficient (Wildman–Crippen LogP) is 2.75. The van der Waals surface area contributed by atoms with E-state index in [-0.39, 0.29) is 23.8 Å². The van der Waals surface area contributed by atoms with E-state index in [1.54, 1.807) is 0 Å². The Labute approximate surface area is 137 Å². The Kier molecular flexibility index (Phi) is 4.17. The Hall–Kier alpha value is -1.84. The number of fused-ring (bicyclic) bond motifs is 2. The summed E-state index contributed by atoms with van der Waals surface area (Å²) in [6.45, 7) is 4.24. The van der Waals surface area contributed by atoms with Crippen LogP contribution in [-0.2, 0) is 21.4 Å². The quantitative estimate of drug-likeness (QED) is 0.848. The molecular weight excluding hydrogens is 290 g/mol. The van der Waals surface area contributed by atoms with Gasteiger partial charge < -0.3 is 10.4 Å². The van der Waals surface area contributed by atoms with Crippen molar-refractivity contribution >= 4 is 11.9 Å². The summed E-state index contributed by atoms with van der Waals surface area (Å²) in [5.41, 5.74) is 2.72. The number of nitrogens with one attached hydrogen (secondary N) is 1. The van der Waals surface area contributed by atoms with Crippen LogP contribution >= 0.6 is 0 Å². The van der Waals surface area contributed by atoms with Crippen molar-refractivity contribution in [2.75, 3.05) is 6.54 Å². The van der Waals surface area contributed by atoms with Crippen molar-refractivity contribution < 1.29 is 14.7 Å². The molecule has 2 aliphatic rings. The maximum atomic E-state index is 12.5. The molecule has 0 bridgehead atoms. The van der Waals surface area contributed by atoms with Crippen LogP contribution in [-0.4, -0.2) is 23.5 Å². The number of hydrogen-bond donors (Lipinski definition) is 2. The summed E-state index contributed by atoms with van der Waals surface area (Å²) in [7, 11) is 0. The number of carboxylic acids is 1. The summed E-state index contributed by atoms with van der Waals surface area (Å²) < 4.78 is 0. The fraction of sp³-hybridized carbons (Fsp3) is 0.579. The highest BCUT2D eigenvalue weighted by molar-refractivity contribution is 5.85. The van der Waals surface area contributed by atoms with Crippen LogP contribution in [0.5, 0.6) is 0 Å². The highest BCUT2D eigenvalue weighted by Gasteiger charge is 2.61. The second-order valence-corrected chi connectivity index (χ2v) is 7.48. The third kappa shape index (κ3) is 2.99. The summed E-state index contributed by atoms with van der Waals surface area (Å²) in [5, 5.41) is 12.2. The summed E-state index contributed by atoms with van der Waals surface area (Å²) in [5.74, 6) is -0.974. The van der Waals surface area contributed by atoms with Gasteiger partial charge in [-0.15, -0.1) is 0 Å². The van der Waals surface area contributed by atoms with Gasteiger partial charge in [0, 0.05) is 17.9 Å². The fourth-order valence-electron chi connectivity index (χ4n) is 4.13. The molecule has 0 heterocycles. The first kappa shape index (κ1) is 16.0. The van der Waals surface area contributed by atoms with Gasteiger partial charge in [0.15, 0.2) is 0 Å². The first-order chi connectivity index (χ1) is 10.9. The van der Waals surface area contributed by atoms with Crippen LogP contribution in [0.4, 0.5) is 0 Å². The lowest BCUT2D eigenvalue weighted by molar-refractivity contribution is -0.142. The lowest BCUT2D eigenvalue weighted by Gasteiger charge is -2.16. The Balaban J connectivity index is 1.60. The molecule has 3 rings (SSSR count). The van der Waals surface area contributed by atoms with Crippen LogP contribution in [0.1, 0.15) is 44.2 Å². The Morgan fingerprint density at radius 1 is 1.35 bits per heavy atom. The molecule has 1 fully saturated rings. The van der Waals surface area contributed by atoms with Crippen LogP contribution in [0.3, 0.4) is 0 Å². The molecule has 1 amide bonds. The molecule has 2 aliphatic carbocycles. The van der Waals surface area contributed by atoms with Crippen molar-refractivity contribution in [2.24, 2.45) is 17.8 Å². The van der Waals surface area contributed by atoms with Crippen LogP contribution in [0.25, 0.3) is 0 Å². The highest BCUT2D eigenvalue weighted by atomic mass is 16.4. The lowest BCUT2D eigenvalue weighted by atomic mass is 9.94. The van der Waals surface area contributed by atoms with E-state index in [1.165, 1.54) is 11.1 Å². The van der Waals surface area contributed by atoms with E-state index in [0.29, 0.717) is 12.3 Å². The molecule has 4 nitrogen and oxygen atoms in total. The average molecular weight is 315 g/mol. The Morgan fingerprint density at radius 3 is 2.78 bits per heavy atom. The third-order valence-electron chi connectivity index (χ3n) is 5.41. The summed E-state index contributed by atoms with van der Waals surface area (Å²) in [6.07, 6.45) is 3.58. The average Bonchev–Trinajstić information content (AvgIpc) is 3.13. The molecule has 2 N–H and O–H groups in total. The zero-order chi connectivity index (χ0) is 16.6. The second-order valence-electron chi connectivity index (χ2n) is 7.48. The van der Waals surface area contributed by atoms with E-state index in [9.17, 15) is 14.7 Å². The predicted molar refractivity (Wildman–Crippen MR) is 88.1 cm³/mol. The molecule has 1 aromatic carbocycles. The molecule has 0 saturated heterocycles. The molecule has 4 heteroatoms. The molecule has 3 unspecified atom stereocenters. The van der Waals surface area contributed by atoms with Gasteiger partial charge in [-0.25, -0.2) is 0 Å². The molecule has 23 heavy (non-hydrogen) atoms. The summed E-state index contributed by atoms with van der Waals surface area (Å²) >= 11 is 0. The van der Waals surface area contributed by atoms with Gasteiger partial charge in [-0.3, -0.25) is 9.59 Å². The maximum absolute atomic E-state index is 12.5. The van der Waals surface area contributed by atoms with Gasteiger partial charge in [0.1, 0.15) is 0 Å². The van der Waals surface area contributed by atoms with E-state index in [2.05, 4.69) is 23.5 Å². The minimum Gasteiger partial charge on any atom is -0.481 e. The number of aliphatic carboxylic acids is 1. The first-order valence-corrected chi connectivity index (χ1v) is 8.53. The van der Waals surface area contributed by atoms with Crippen LogP contribution < -0.4 is 5.32 Å². The van der Waals surface area contributed by atoms with Crippen molar-refractivity contribution in [3.63, 3.8) is 0 Å². The van der Waals surface area contributed by atoms with Gasteiger partial charge in [-0.2, -0.15) is 0 Å². The smallest absolute Gasteiger partial charge is 0.308 e. The van der Waals surface area contributed by atoms with Gasteiger partial charge in [-0.05, 0) is 42.7 Å². The van der Waals surface area contributed by atoms with Crippen molar-refractivity contribution in [3.05, 3.63) is 35.4 Å². The Bertz CT molecular complexity index is 625. The van der Waals surface area contributed by atoms with Crippen molar-refractivity contribution in [2.45, 2.75) is 44.9 Å². The molecule has 1 saturated carbocycles. The number of hydrogen-bond acceptors (Lipinski definition) is 2. The van der Waals surface area contributed by atoms with E-state index in [4.69, 9.17) is 0 Å². The number of carbonyl (C=O) groups is 2. The number of carbonyl (C=O) groups excluding carboxylic acids is 1. The van der Waals surface area contributed by atoms with E-state index < -0.39 is 11.9 Å². The van der Waals surface area contributed by atoms with Gasteiger partial charge in [0.05, 0.1) is 5.92 Å². The largest absolute Gasteiger partial charge is 0.481 e. The minimum atomic E-state index is -0.823. The number of carboxylic acid groups (broad SMARTS) is 1. The first-order valence-electron chi connectivity index (χ1n) is 8.53. The number of amides is 1. The lowest BCUT2D eigenvalue weighted by Crippen LogP contribution is -2.35. The molecule has 1 aromatic rings. The van der Waals surface area contributed by atoms with Gasteiger partial charge in [-0.1, -0.05) is 38.1 Å². The minimum absolute atomic E-state index is 0.0136. The van der Waals surface area contributed by atoms with Crippen molar-refractivity contribution in [1.82, 2.24) is 5.32 Å². The summed E-state index contributed by atoms with van der Waals surface area (Å²) in [6, 6.07) is 8.40. The zero-order valence-electron chi connectivity index (χ0n) is 13.8. The number of aryl methyl sites for hydroxylation is 1. The van der Waals surface area contributed by atoms with Crippen molar-refractivity contribution in [3.8, 4) is 0 Å². The normalized spacial score (nSPS) is 26.1. The second kappa shape index (κ2) is 5.99. The number of benzene rings is 1. The topological polar surface area (TPSA) is 66.4 Å². The molecule has 0 aromatic heterocycles. The van der Waals surface area contributed by atoms with E-state index >= 15 is 0 Å². The number of rotatable bonds is 6. The van der Waals surface area contributed by atoms with Crippen LogP contribution in [0, 0.1) is 17.8 Å². The SMILES string of the molecule is CC(C)CC(CNC(=O)C1CC12CCc1ccccc12)C(=O)O. The third-order valence-corrected chi connectivity index (χ3v) is 5.41. The zero-order valence-corrected chi connectivity index (χ0v) is 13.8. The molecule has 0 radical (unpaired) electrons. The van der Waals surface area contributed by atoms with Gasteiger partial charge >= 0.3 is 5.97 Å². The fourth-order valence-corrected chi connectivity index (χ4v) is 4.13. The van der Waals surface area contributed by atoms with Crippen LogP contribution in [0.15, 0.2) is 24.3 Å². The van der Waals surface area contributed by atoms with Gasteiger partial charge in [0.2, 0.25) is 5.91 Å². The van der Waals surface area contributed by atoms with E-state index in [0.717, 1.165) is 19.3 Å². The highest BCUT2D eigenvalue weighted by Crippen LogP contribution is 2.61. The van der Waals surface area contributed by atoms with Crippen LogP contribution in [0.2, 0.25) is 0 Å². The van der Waals surface area contributed by atoms with E-state index in [1.807, 2.05) is 19.9 Å². The molecule has 3 atom stereocenters. The molecule has 0 aliphatic heterocycles. The molecule has 124 valence electrons. The molecule has 1 spiro atoms. The van der Waals surface area contributed by atoms with Gasteiger partial charge in [0.25, 0.3) is 0 Å². The Morgan fingerprint density at radius 2 is 2.09 bits per heavy atom.